The van der Waals surface area contributed by atoms with Crippen LogP contribution in [0.2, 0.25) is 0 Å². The van der Waals surface area contributed by atoms with Crippen molar-refractivity contribution in [2.75, 3.05) is 13.2 Å². The summed E-state index contributed by atoms with van der Waals surface area (Å²) in [6.45, 7) is 2.99. The molecule has 5 heteroatoms. The smallest absolute Gasteiger partial charge is 0.270 e. The minimum absolute atomic E-state index is 0.108. The van der Waals surface area contributed by atoms with Gasteiger partial charge in [0.05, 0.1) is 6.04 Å². The van der Waals surface area contributed by atoms with Crippen LogP contribution in [-0.2, 0) is 0 Å². The molecule has 3 aromatic rings. The zero-order chi connectivity index (χ0) is 17.2. The number of aromatic nitrogens is 1. The van der Waals surface area contributed by atoms with E-state index in [9.17, 15) is 4.79 Å². The van der Waals surface area contributed by atoms with E-state index in [-0.39, 0.29) is 11.9 Å². The van der Waals surface area contributed by atoms with Gasteiger partial charge < -0.3 is 14.8 Å². The lowest BCUT2D eigenvalue weighted by molar-refractivity contribution is 0.0936. The van der Waals surface area contributed by atoms with Crippen LogP contribution in [0, 0.1) is 0 Å². The van der Waals surface area contributed by atoms with Crippen LogP contribution in [-0.4, -0.2) is 24.1 Å². The molecule has 1 aliphatic heterocycles. The molecule has 1 atom stereocenters. The Bertz CT molecular complexity index is 925. The second-order valence-corrected chi connectivity index (χ2v) is 5.98. The van der Waals surface area contributed by atoms with Crippen molar-refractivity contribution in [3.8, 4) is 11.5 Å². The number of nitrogens with zero attached hydrogens (tertiary/aromatic N) is 1. The van der Waals surface area contributed by atoms with Gasteiger partial charge in [-0.3, -0.25) is 9.78 Å². The van der Waals surface area contributed by atoms with Crippen LogP contribution < -0.4 is 14.8 Å². The highest BCUT2D eigenvalue weighted by Gasteiger charge is 2.19. The number of pyridine rings is 1. The fourth-order valence-corrected chi connectivity index (χ4v) is 2.98. The van der Waals surface area contributed by atoms with Gasteiger partial charge in [0.1, 0.15) is 18.9 Å². The first-order chi connectivity index (χ1) is 12.2. The molecule has 2 aromatic carbocycles. The molecule has 1 aromatic heterocycles. The van der Waals surface area contributed by atoms with E-state index in [2.05, 4.69) is 10.3 Å². The standard InChI is InChI=1S/C20H18N2O3/c1-13(14-5-3-2-4-6-14)22-20(23)19-16-12-18-17(24-9-10-25-18)11-15(16)7-8-21-19/h2-8,11-13H,9-10H2,1H3,(H,22,23). The summed E-state index contributed by atoms with van der Waals surface area (Å²) in [6, 6.07) is 15.3. The number of carbonyl (C=O) groups excluding carboxylic acids is 1. The van der Waals surface area contributed by atoms with Gasteiger partial charge in [0, 0.05) is 11.6 Å². The van der Waals surface area contributed by atoms with E-state index in [1.807, 2.05) is 55.5 Å². The van der Waals surface area contributed by atoms with Crippen molar-refractivity contribution in [1.82, 2.24) is 10.3 Å². The fraction of sp³-hybridized carbons (Fsp3) is 0.200. The number of fused-ring (bicyclic) bond motifs is 2. The maximum Gasteiger partial charge on any atom is 0.270 e. The molecule has 1 aliphatic rings. The normalized spacial score (nSPS) is 14.1. The average molecular weight is 334 g/mol. The van der Waals surface area contributed by atoms with Crippen LogP contribution >= 0.6 is 0 Å². The number of hydrogen-bond donors (Lipinski definition) is 1. The second kappa shape index (κ2) is 6.43. The first-order valence-electron chi connectivity index (χ1n) is 8.26. The molecule has 0 saturated heterocycles. The summed E-state index contributed by atoms with van der Waals surface area (Å²) in [5.74, 6) is 1.14. The molecule has 0 saturated carbocycles. The van der Waals surface area contributed by atoms with Crippen molar-refractivity contribution >= 4 is 16.7 Å². The molecule has 0 spiro atoms. The van der Waals surface area contributed by atoms with Gasteiger partial charge in [0.2, 0.25) is 0 Å². The average Bonchev–Trinajstić information content (AvgIpc) is 2.66. The molecule has 0 bridgehead atoms. The van der Waals surface area contributed by atoms with Crippen molar-refractivity contribution in [2.24, 2.45) is 0 Å². The summed E-state index contributed by atoms with van der Waals surface area (Å²) >= 11 is 0. The van der Waals surface area contributed by atoms with Gasteiger partial charge in [-0.05, 0) is 36.1 Å². The topological polar surface area (TPSA) is 60.5 Å². The molecular weight excluding hydrogens is 316 g/mol. The van der Waals surface area contributed by atoms with Gasteiger partial charge in [-0.25, -0.2) is 0 Å². The maximum atomic E-state index is 12.8. The molecular formula is C20H18N2O3. The van der Waals surface area contributed by atoms with Gasteiger partial charge in [0.25, 0.3) is 5.91 Å². The highest BCUT2D eigenvalue weighted by molar-refractivity contribution is 6.06. The van der Waals surface area contributed by atoms with Crippen molar-refractivity contribution in [2.45, 2.75) is 13.0 Å². The van der Waals surface area contributed by atoms with Gasteiger partial charge in [-0.15, -0.1) is 0 Å². The molecule has 25 heavy (non-hydrogen) atoms. The Kier molecular flexibility index (Phi) is 3.98. The Morgan fingerprint density at radius 1 is 1.08 bits per heavy atom. The lowest BCUT2D eigenvalue weighted by atomic mass is 10.1. The summed E-state index contributed by atoms with van der Waals surface area (Å²) in [4.78, 5) is 17.1. The first kappa shape index (κ1) is 15.4. The van der Waals surface area contributed by atoms with E-state index in [0.717, 1.165) is 16.3 Å². The van der Waals surface area contributed by atoms with Crippen LogP contribution in [0.3, 0.4) is 0 Å². The van der Waals surface area contributed by atoms with Crippen LogP contribution in [0.1, 0.15) is 29.0 Å². The van der Waals surface area contributed by atoms with Crippen LogP contribution in [0.25, 0.3) is 10.8 Å². The molecule has 0 fully saturated rings. The summed E-state index contributed by atoms with van der Waals surface area (Å²) in [5, 5.41) is 4.67. The third-order valence-corrected chi connectivity index (χ3v) is 4.29. The Labute approximate surface area is 145 Å². The van der Waals surface area contributed by atoms with Crippen molar-refractivity contribution in [3.63, 3.8) is 0 Å². The summed E-state index contributed by atoms with van der Waals surface area (Å²) < 4.78 is 11.2. The van der Waals surface area contributed by atoms with E-state index in [1.54, 1.807) is 6.20 Å². The molecule has 1 amide bonds. The van der Waals surface area contributed by atoms with E-state index in [1.165, 1.54) is 0 Å². The Morgan fingerprint density at radius 2 is 1.80 bits per heavy atom. The molecule has 4 rings (SSSR count). The third-order valence-electron chi connectivity index (χ3n) is 4.29. The maximum absolute atomic E-state index is 12.8. The third kappa shape index (κ3) is 3.01. The fourth-order valence-electron chi connectivity index (χ4n) is 2.98. The molecule has 2 heterocycles. The lowest BCUT2D eigenvalue weighted by Crippen LogP contribution is -2.27. The molecule has 0 aliphatic carbocycles. The van der Waals surface area contributed by atoms with Crippen LogP contribution in [0.4, 0.5) is 0 Å². The number of benzene rings is 2. The van der Waals surface area contributed by atoms with E-state index < -0.39 is 0 Å². The van der Waals surface area contributed by atoms with Gasteiger partial charge >= 0.3 is 0 Å². The van der Waals surface area contributed by atoms with Crippen LogP contribution in [0.15, 0.2) is 54.7 Å². The number of hydrogen-bond acceptors (Lipinski definition) is 4. The molecule has 5 nitrogen and oxygen atoms in total. The van der Waals surface area contributed by atoms with Crippen LogP contribution in [0.5, 0.6) is 11.5 Å². The Hall–Kier alpha value is -3.08. The molecule has 1 N–H and O–H groups in total. The number of rotatable bonds is 3. The lowest BCUT2D eigenvalue weighted by Gasteiger charge is -2.19. The number of carbonyl (C=O) groups is 1. The Balaban J connectivity index is 1.67. The van der Waals surface area contributed by atoms with Crippen molar-refractivity contribution in [1.29, 1.82) is 0 Å². The molecule has 126 valence electrons. The number of nitrogens with one attached hydrogen (secondary N) is 1. The van der Waals surface area contributed by atoms with E-state index in [4.69, 9.17) is 9.47 Å². The largest absolute Gasteiger partial charge is 0.486 e. The van der Waals surface area contributed by atoms with Crippen molar-refractivity contribution < 1.29 is 14.3 Å². The predicted octanol–water partition coefficient (Wildman–Crippen LogP) is 3.50. The molecule has 0 radical (unpaired) electrons. The second-order valence-electron chi connectivity index (χ2n) is 5.98. The van der Waals surface area contributed by atoms with E-state index >= 15 is 0 Å². The van der Waals surface area contributed by atoms with Gasteiger partial charge in [0.15, 0.2) is 11.5 Å². The zero-order valence-electron chi connectivity index (χ0n) is 13.9. The summed E-state index contributed by atoms with van der Waals surface area (Å²) in [5.41, 5.74) is 1.43. The predicted molar refractivity (Wildman–Crippen MR) is 95.1 cm³/mol. The zero-order valence-corrected chi connectivity index (χ0v) is 13.9. The highest BCUT2D eigenvalue weighted by Crippen LogP contribution is 2.35. The summed E-state index contributed by atoms with van der Waals surface area (Å²) in [7, 11) is 0. The van der Waals surface area contributed by atoms with Gasteiger partial charge in [-0.2, -0.15) is 0 Å². The minimum Gasteiger partial charge on any atom is -0.486 e. The number of amides is 1. The quantitative estimate of drug-likeness (QED) is 0.796. The molecule has 1 unspecified atom stereocenters. The van der Waals surface area contributed by atoms with Crippen molar-refractivity contribution in [3.05, 3.63) is 66.0 Å². The summed E-state index contributed by atoms with van der Waals surface area (Å²) in [6.07, 6.45) is 1.64. The monoisotopic (exact) mass is 334 g/mol. The van der Waals surface area contributed by atoms with E-state index in [0.29, 0.717) is 30.4 Å². The minimum atomic E-state index is -0.210. The SMILES string of the molecule is CC(NC(=O)c1nccc2cc3c(cc12)OCCO3)c1ccccc1. The van der Waals surface area contributed by atoms with Gasteiger partial charge in [-0.1, -0.05) is 30.3 Å². The first-order valence-corrected chi connectivity index (χ1v) is 8.26. The highest BCUT2D eigenvalue weighted by atomic mass is 16.6. The number of ether oxygens (including phenoxy) is 2. The Morgan fingerprint density at radius 3 is 2.56 bits per heavy atom.